The molecule has 0 aliphatic carbocycles. The maximum absolute atomic E-state index is 12.5. The first-order valence-electron chi connectivity index (χ1n) is 9.43. The summed E-state index contributed by atoms with van der Waals surface area (Å²) in [6.07, 6.45) is 1.48. The Morgan fingerprint density at radius 3 is 2.23 bits per heavy atom. The lowest BCUT2D eigenvalue weighted by Crippen LogP contribution is -2.48. The van der Waals surface area contributed by atoms with E-state index in [4.69, 9.17) is 19.8 Å². The van der Waals surface area contributed by atoms with Crippen LogP contribution in [0.3, 0.4) is 0 Å². The molecule has 1 aliphatic heterocycles. The summed E-state index contributed by atoms with van der Waals surface area (Å²) in [4.78, 5) is 56.4. The van der Waals surface area contributed by atoms with Crippen LogP contribution in [0.2, 0.25) is 0 Å². The number of fused-ring (bicyclic) bond motifs is 1. The van der Waals surface area contributed by atoms with E-state index in [1.54, 1.807) is 6.07 Å². The summed E-state index contributed by atoms with van der Waals surface area (Å²) < 4.78 is 0. The predicted octanol–water partition coefficient (Wildman–Crippen LogP) is 0.365. The average molecular weight is 427 g/mol. The average Bonchev–Trinajstić information content (AvgIpc) is 3.17. The SMILES string of the molecule is O=C(O)C(=O)O.O=C(c1ccc(=O)[nH]c1)N1CCN(Cc2nc3ccccc3[nH]2)CC1. The highest BCUT2D eigenvalue weighted by Gasteiger charge is 2.22. The number of nitrogens with one attached hydrogen (secondary N) is 2. The molecule has 162 valence electrons. The topological polar surface area (TPSA) is 160 Å². The molecule has 31 heavy (non-hydrogen) atoms. The number of rotatable bonds is 3. The number of para-hydroxylation sites is 2. The van der Waals surface area contributed by atoms with E-state index in [0.717, 1.165) is 36.5 Å². The molecular formula is C20H21N5O6. The van der Waals surface area contributed by atoms with Crippen molar-refractivity contribution >= 4 is 28.9 Å². The molecule has 0 unspecified atom stereocenters. The van der Waals surface area contributed by atoms with Crippen LogP contribution >= 0.6 is 0 Å². The van der Waals surface area contributed by atoms with Gasteiger partial charge < -0.3 is 25.1 Å². The number of carboxylic acid groups (broad SMARTS) is 2. The Bertz CT molecular complexity index is 1080. The van der Waals surface area contributed by atoms with Gasteiger partial charge in [-0.05, 0) is 18.2 Å². The zero-order valence-corrected chi connectivity index (χ0v) is 16.4. The second kappa shape index (κ2) is 9.67. The number of pyridine rings is 1. The van der Waals surface area contributed by atoms with Crippen molar-refractivity contribution in [2.24, 2.45) is 0 Å². The molecule has 3 heterocycles. The zero-order chi connectivity index (χ0) is 22.4. The van der Waals surface area contributed by atoms with Crippen LogP contribution in [-0.4, -0.2) is 79.0 Å². The van der Waals surface area contributed by atoms with Crippen molar-refractivity contribution in [2.45, 2.75) is 6.54 Å². The minimum absolute atomic E-state index is 0.0420. The molecular weight excluding hydrogens is 406 g/mol. The zero-order valence-electron chi connectivity index (χ0n) is 16.4. The molecule has 1 aromatic carbocycles. The molecule has 4 rings (SSSR count). The monoisotopic (exact) mass is 427 g/mol. The third-order valence-corrected chi connectivity index (χ3v) is 4.69. The smallest absolute Gasteiger partial charge is 0.414 e. The second-order valence-electron chi connectivity index (χ2n) is 6.82. The van der Waals surface area contributed by atoms with Gasteiger partial charge in [-0.1, -0.05) is 12.1 Å². The number of hydrogen-bond donors (Lipinski definition) is 4. The van der Waals surface area contributed by atoms with Crippen molar-refractivity contribution < 1.29 is 24.6 Å². The van der Waals surface area contributed by atoms with Gasteiger partial charge in [0.05, 0.1) is 23.1 Å². The number of imidazole rings is 1. The number of H-pyrrole nitrogens is 2. The summed E-state index contributed by atoms with van der Waals surface area (Å²) in [5.74, 6) is -2.74. The number of carboxylic acids is 2. The van der Waals surface area contributed by atoms with E-state index < -0.39 is 11.9 Å². The fraction of sp³-hybridized carbons (Fsp3) is 0.250. The van der Waals surface area contributed by atoms with E-state index in [2.05, 4.69) is 19.9 Å². The van der Waals surface area contributed by atoms with Crippen molar-refractivity contribution in [3.8, 4) is 0 Å². The fourth-order valence-electron chi connectivity index (χ4n) is 3.13. The molecule has 2 aromatic heterocycles. The molecule has 0 atom stereocenters. The summed E-state index contributed by atoms with van der Waals surface area (Å²) in [7, 11) is 0. The molecule has 3 aromatic rings. The maximum atomic E-state index is 12.5. The Morgan fingerprint density at radius 1 is 0.968 bits per heavy atom. The van der Waals surface area contributed by atoms with E-state index in [0.29, 0.717) is 18.7 Å². The Labute approximate surface area is 175 Å². The normalized spacial score (nSPS) is 14.0. The first kappa shape index (κ1) is 21.7. The van der Waals surface area contributed by atoms with Crippen LogP contribution in [0.1, 0.15) is 16.2 Å². The lowest BCUT2D eigenvalue weighted by atomic mass is 10.2. The number of carbonyl (C=O) groups excluding carboxylic acids is 1. The molecule has 0 saturated carbocycles. The molecule has 1 amide bonds. The highest BCUT2D eigenvalue weighted by molar-refractivity contribution is 6.27. The Kier molecular flexibility index (Phi) is 6.78. The molecule has 1 saturated heterocycles. The first-order chi connectivity index (χ1) is 14.8. The molecule has 0 radical (unpaired) electrons. The molecule has 11 nitrogen and oxygen atoms in total. The van der Waals surface area contributed by atoms with Crippen LogP contribution in [0.15, 0.2) is 47.4 Å². The van der Waals surface area contributed by atoms with Gasteiger partial charge in [0.25, 0.3) is 5.91 Å². The number of aromatic amines is 2. The molecule has 1 fully saturated rings. The van der Waals surface area contributed by atoms with E-state index in [-0.39, 0.29) is 11.5 Å². The molecule has 1 aliphatic rings. The van der Waals surface area contributed by atoms with Crippen molar-refractivity contribution in [1.82, 2.24) is 24.8 Å². The minimum Gasteiger partial charge on any atom is -0.473 e. The Morgan fingerprint density at radius 2 is 1.65 bits per heavy atom. The van der Waals surface area contributed by atoms with Gasteiger partial charge in [0, 0.05) is 38.4 Å². The largest absolute Gasteiger partial charge is 0.473 e. The van der Waals surface area contributed by atoms with Crippen LogP contribution in [0.25, 0.3) is 11.0 Å². The third-order valence-electron chi connectivity index (χ3n) is 4.69. The van der Waals surface area contributed by atoms with Crippen LogP contribution in [0.5, 0.6) is 0 Å². The van der Waals surface area contributed by atoms with Crippen LogP contribution in [0.4, 0.5) is 0 Å². The van der Waals surface area contributed by atoms with E-state index in [1.807, 2.05) is 29.2 Å². The number of amides is 1. The number of aromatic nitrogens is 3. The number of carbonyl (C=O) groups is 3. The van der Waals surface area contributed by atoms with Crippen molar-refractivity contribution in [2.75, 3.05) is 26.2 Å². The van der Waals surface area contributed by atoms with E-state index >= 15 is 0 Å². The van der Waals surface area contributed by atoms with Gasteiger partial charge in [0.2, 0.25) is 5.56 Å². The summed E-state index contributed by atoms with van der Waals surface area (Å²) >= 11 is 0. The number of aliphatic carboxylic acids is 2. The van der Waals surface area contributed by atoms with Crippen molar-refractivity contribution in [1.29, 1.82) is 0 Å². The van der Waals surface area contributed by atoms with E-state index in [9.17, 15) is 9.59 Å². The summed E-state index contributed by atoms with van der Waals surface area (Å²) in [6.45, 7) is 3.67. The van der Waals surface area contributed by atoms with Gasteiger partial charge >= 0.3 is 11.9 Å². The van der Waals surface area contributed by atoms with Crippen LogP contribution < -0.4 is 5.56 Å². The number of nitrogens with zero attached hydrogens (tertiary/aromatic N) is 3. The molecule has 11 heteroatoms. The number of benzene rings is 1. The van der Waals surface area contributed by atoms with Gasteiger partial charge in [-0.3, -0.25) is 14.5 Å². The van der Waals surface area contributed by atoms with Gasteiger partial charge in [0.15, 0.2) is 0 Å². The van der Waals surface area contributed by atoms with Gasteiger partial charge in [0.1, 0.15) is 5.82 Å². The lowest BCUT2D eigenvalue weighted by Gasteiger charge is -2.34. The maximum Gasteiger partial charge on any atom is 0.414 e. The van der Waals surface area contributed by atoms with Crippen molar-refractivity contribution in [3.63, 3.8) is 0 Å². The summed E-state index contributed by atoms with van der Waals surface area (Å²) in [6, 6.07) is 10.9. The highest BCUT2D eigenvalue weighted by atomic mass is 16.4. The lowest BCUT2D eigenvalue weighted by molar-refractivity contribution is -0.159. The number of piperazine rings is 1. The molecule has 4 N–H and O–H groups in total. The molecule has 0 bridgehead atoms. The summed E-state index contributed by atoms with van der Waals surface area (Å²) in [5, 5.41) is 14.8. The van der Waals surface area contributed by atoms with Crippen LogP contribution in [-0.2, 0) is 16.1 Å². The minimum atomic E-state index is -1.82. The van der Waals surface area contributed by atoms with Gasteiger partial charge in [-0.25, -0.2) is 14.6 Å². The Balaban J connectivity index is 0.000000401. The second-order valence-corrected chi connectivity index (χ2v) is 6.82. The third kappa shape index (κ3) is 5.76. The summed E-state index contributed by atoms with van der Waals surface area (Å²) in [5.41, 5.74) is 2.34. The fourth-order valence-corrected chi connectivity index (χ4v) is 3.13. The Hall–Kier alpha value is -3.99. The quantitative estimate of drug-likeness (QED) is 0.436. The standard InChI is InChI=1S/C18H19N5O2.C2H2O4/c24-17-6-5-13(11-19-17)18(25)23-9-7-22(8-10-23)12-16-20-14-3-1-2-4-15(14)21-16;3-1(4)2(5)6/h1-6,11H,7-10,12H2,(H,19,24)(H,20,21);(H,3,4)(H,5,6). The van der Waals surface area contributed by atoms with E-state index in [1.165, 1.54) is 12.3 Å². The molecule has 0 spiro atoms. The van der Waals surface area contributed by atoms with Gasteiger partial charge in [-0.15, -0.1) is 0 Å². The van der Waals surface area contributed by atoms with Crippen molar-refractivity contribution in [3.05, 3.63) is 64.3 Å². The van der Waals surface area contributed by atoms with Crippen LogP contribution in [0, 0.1) is 0 Å². The van der Waals surface area contributed by atoms with Gasteiger partial charge in [-0.2, -0.15) is 0 Å². The first-order valence-corrected chi connectivity index (χ1v) is 9.43. The highest BCUT2D eigenvalue weighted by Crippen LogP contribution is 2.13. The number of hydrogen-bond acceptors (Lipinski definition) is 6. The predicted molar refractivity (Wildman–Crippen MR) is 110 cm³/mol.